The lowest BCUT2D eigenvalue weighted by molar-refractivity contribution is 0.0780. The summed E-state index contributed by atoms with van der Waals surface area (Å²) < 4.78 is 10.6. The summed E-state index contributed by atoms with van der Waals surface area (Å²) >= 11 is 0. The lowest BCUT2D eigenvalue weighted by atomic mass is 10.2. The van der Waals surface area contributed by atoms with E-state index >= 15 is 0 Å². The highest BCUT2D eigenvalue weighted by atomic mass is 16.5. The van der Waals surface area contributed by atoms with Crippen LogP contribution in [-0.4, -0.2) is 13.7 Å². The molecule has 1 heterocycles. The van der Waals surface area contributed by atoms with Crippen LogP contribution in [0.2, 0.25) is 0 Å². The van der Waals surface area contributed by atoms with Crippen molar-refractivity contribution in [3.63, 3.8) is 0 Å². The molecule has 0 fully saturated rings. The number of ether oxygens (including phenoxy) is 1. The van der Waals surface area contributed by atoms with E-state index in [-0.39, 0.29) is 6.10 Å². The molecule has 0 aliphatic heterocycles. The molecule has 68 valence electrons. The Kier molecular flexibility index (Phi) is 3.31. The lowest BCUT2D eigenvalue weighted by Crippen LogP contribution is -2.08. The van der Waals surface area contributed by atoms with Crippen molar-refractivity contribution in [2.24, 2.45) is 5.73 Å². The highest BCUT2D eigenvalue weighted by Crippen LogP contribution is 2.21. The summed E-state index contributed by atoms with van der Waals surface area (Å²) in [5.41, 5.74) is 5.43. The van der Waals surface area contributed by atoms with Gasteiger partial charge in [0.25, 0.3) is 0 Å². The van der Waals surface area contributed by atoms with Crippen LogP contribution in [0, 0.1) is 6.92 Å². The largest absolute Gasteiger partial charge is 0.464 e. The molecule has 12 heavy (non-hydrogen) atoms. The first-order valence-corrected chi connectivity index (χ1v) is 4.07. The third-order valence-corrected chi connectivity index (χ3v) is 1.79. The molecule has 0 aliphatic carbocycles. The lowest BCUT2D eigenvalue weighted by Gasteiger charge is -2.10. The van der Waals surface area contributed by atoms with E-state index in [1.807, 2.05) is 19.1 Å². The predicted molar refractivity (Wildman–Crippen MR) is 46.9 cm³/mol. The third kappa shape index (κ3) is 2.09. The van der Waals surface area contributed by atoms with Crippen LogP contribution >= 0.6 is 0 Å². The highest BCUT2D eigenvalue weighted by Gasteiger charge is 2.12. The number of furan rings is 1. The fraction of sp³-hybridized carbons (Fsp3) is 0.556. The molecule has 0 spiro atoms. The van der Waals surface area contributed by atoms with Gasteiger partial charge in [-0.15, -0.1) is 0 Å². The quantitative estimate of drug-likeness (QED) is 0.745. The molecule has 1 aromatic heterocycles. The van der Waals surface area contributed by atoms with Gasteiger partial charge >= 0.3 is 0 Å². The second-order valence-corrected chi connectivity index (χ2v) is 2.75. The summed E-state index contributed by atoms with van der Waals surface area (Å²) in [7, 11) is 1.66. The minimum atomic E-state index is 0.00343. The van der Waals surface area contributed by atoms with Gasteiger partial charge in [-0.25, -0.2) is 0 Å². The van der Waals surface area contributed by atoms with Crippen LogP contribution in [0.5, 0.6) is 0 Å². The van der Waals surface area contributed by atoms with Gasteiger partial charge in [-0.05, 0) is 32.0 Å². The molecule has 0 aromatic carbocycles. The van der Waals surface area contributed by atoms with Crippen LogP contribution < -0.4 is 5.73 Å². The highest BCUT2D eigenvalue weighted by molar-refractivity contribution is 5.08. The van der Waals surface area contributed by atoms with Gasteiger partial charge in [0.05, 0.1) is 0 Å². The van der Waals surface area contributed by atoms with E-state index in [1.165, 1.54) is 0 Å². The second-order valence-electron chi connectivity index (χ2n) is 2.75. The molecule has 0 bridgehead atoms. The summed E-state index contributed by atoms with van der Waals surface area (Å²) in [6.07, 6.45) is 0.799. The van der Waals surface area contributed by atoms with Crippen molar-refractivity contribution in [1.82, 2.24) is 0 Å². The van der Waals surface area contributed by atoms with E-state index in [9.17, 15) is 0 Å². The molecule has 1 rings (SSSR count). The molecule has 1 unspecified atom stereocenters. The number of rotatable bonds is 4. The van der Waals surface area contributed by atoms with Crippen LogP contribution in [0.15, 0.2) is 16.5 Å². The average molecular weight is 169 g/mol. The molecule has 0 amide bonds. The van der Waals surface area contributed by atoms with E-state index in [0.717, 1.165) is 17.9 Å². The monoisotopic (exact) mass is 169 g/mol. The zero-order valence-electron chi connectivity index (χ0n) is 7.54. The zero-order valence-corrected chi connectivity index (χ0v) is 7.54. The van der Waals surface area contributed by atoms with Crippen molar-refractivity contribution < 1.29 is 9.15 Å². The maximum absolute atomic E-state index is 5.43. The van der Waals surface area contributed by atoms with E-state index in [0.29, 0.717) is 6.54 Å². The molecule has 0 radical (unpaired) electrons. The van der Waals surface area contributed by atoms with Crippen LogP contribution in [-0.2, 0) is 4.74 Å². The summed E-state index contributed by atoms with van der Waals surface area (Å²) in [6.45, 7) is 2.52. The van der Waals surface area contributed by atoms with Crippen molar-refractivity contribution in [3.8, 4) is 0 Å². The number of methoxy groups -OCH3 is 1. The Morgan fingerprint density at radius 2 is 2.33 bits per heavy atom. The van der Waals surface area contributed by atoms with E-state index in [1.54, 1.807) is 7.11 Å². The van der Waals surface area contributed by atoms with Gasteiger partial charge in [0.1, 0.15) is 17.6 Å². The first-order valence-electron chi connectivity index (χ1n) is 4.07. The van der Waals surface area contributed by atoms with Gasteiger partial charge < -0.3 is 14.9 Å². The van der Waals surface area contributed by atoms with Crippen molar-refractivity contribution >= 4 is 0 Å². The average Bonchev–Trinajstić information content (AvgIpc) is 2.47. The molecular formula is C9H15NO2. The van der Waals surface area contributed by atoms with Gasteiger partial charge in [0, 0.05) is 7.11 Å². The molecule has 1 aromatic rings. The first-order chi connectivity index (χ1) is 5.77. The van der Waals surface area contributed by atoms with Crippen LogP contribution in [0.25, 0.3) is 0 Å². The molecule has 3 heteroatoms. The Labute approximate surface area is 72.5 Å². The third-order valence-electron chi connectivity index (χ3n) is 1.79. The molecule has 3 nitrogen and oxygen atoms in total. The number of aryl methyl sites for hydroxylation is 1. The SMILES string of the molecule is COC(CCN)c1ccc(C)o1. The number of hydrogen-bond acceptors (Lipinski definition) is 3. The van der Waals surface area contributed by atoms with Crippen LogP contribution in [0.4, 0.5) is 0 Å². The van der Waals surface area contributed by atoms with Crippen molar-refractivity contribution in [2.45, 2.75) is 19.4 Å². The minimum absolute atomic E-state index is 0.00343. The molecule has 0 aliphatic rings. The minimum Gasteiger partial charge on any atom is -0.464 e. The van der Waals surface area contributed by atoms with E-state index in [4.69, 9.17) is 14.9 Å². The summed E-state index contributed by atoms with van der Waals surface area (Å²) in [4.78, 5) is 0. The molecule has 1 atom stereocenters. The Balaban J connectivity index is 2.66. The summed E-state index contributed by atoms with van der Waals surface area (Å²) in [5, 5.41) is 0. The molecule has 0 saturated carbocycles. The Bertz CT molecular complexity index is 232. The van der Waals surface area contributed by atoms with Gasteiger partial charge in [-0.2, -0.15) is 0 Å². The van der Waals surface area contributed by atoms with Crippen LogP contribution in [0.3, 0.4) is 0 Å². The van der Waals surface area contributed by atoms with Crippen molar-refractivity contribution in [2.75, 3.05) is 13.7 Å². The van der Waals surface area contributed by atoms with Gasteiger partial charge in [-0.3, -0.25) is 0 Å². The zero-order chi connectivity index (χ0) is 8.97. The number of hydrogen-bond donors (Lipinski definition) is 1. The summed E-state index contributed by atoms with van der Waals surface area (Å²) in [5.74, 6) is 1.77. The molecular weight excluding hydrogens is 154 g/mol. The second kappa shape index (κ2) is 4.28. The van der Waals surface area contributed by atoms with Gasteiger partial charge in [0.2, 0.25) is 0 Å². The first kappa shape index (κ1) is 9.29. The Morgan fingerprint density at radius 1 is 1.58 bits per heavy atom. The maximum Gasteiger partial charge on any atom is 0.132 e. The maximum atomic E-state index is 5.43. The van der Waals surface area contributed by atoms with Gasteiger partial charge in [-0.1, -0.05) is 0 Å². The van der Waals surface area contributed by atoms with Crippen molar-refractivity contribution in [1.29, 1.82) is 0 Å². The Hall–Kier alpha value is -0.800. The fourth-order valence-corrected chi connectivity index (χ4v) is 1.15. The topological polar surface area (TPSA) is 48.4 Å². The van der Waals surface area contributed by atoms with Crippen LogP contribution in [0.1, 0.15) is 24.0 Å². The summed E-state index contributed by atoms with van der Waals surface area (Å²) in [6, 6.07) is 3.86. The normalized spacial score (nSPS) is 13.2. The molecule has 2 N–H and O–H groups in total. The standard InChI is InChI=1S/C9H15NO2/c1-7-3-4-9(12-7)8(11-2)5-6-10/h3-4,8H,5-6,10H2,1-2H3. The Morgan fingerprint density at radius 3 is 2.75 bits per heavy atom. The van der Waals surface area contributed by atoms with Crippen molar-refractivity contribution in [3.05, 3.63) is 23.7 Å². The smallest absolute Gasteiger partial charge is 0.132 e. The van der Waals surface area contributed by atoms with E-state index < -0.39 is 0 Å². The predicted octanol–water partition coefficient (Wildman–Crippen LogP) is 1.62. The van der Waals surface area contributed by atoms with Gasteiger partial charge in [0.15, 0.2) is 0 Å². The van der Waals surface area contributed by atoms with E-state index in [2.05, 4.69) is 0 Å². The number of nitrogens with two attached hydrogens (primary N) is 1. The fourth-order valence-electron chi connectivity index (χ4n) is 1.15. The molecule has 0 saturated heterocycles.